The first-order valence-electron chi connectivity index (χ1n) is 6.21. The third-order valence-electron chi connectivity index (χ3n) is 3.02. The van der Waals surface area contributed by atoms with Crippen LogP contribution in [0.2, 0.25) is 0 Å². The fourth-order valence-electron chi connectivity index (χ4n) is 1.99. The molecule has 5 nitrogen and oxygen atoms in total. The van der Waals surface area contributed by atoms with Crippen molar-refractivity contribution in [2.75, 3.05) is 24.8 Å². The predicted octanol–water partition coefficient (Wildman–Crippen LogP) is 2.09. The van der Waals surface area contributed by atoms with Gasteiger partial charge in [0.15, 0.2) is 0 Å². The minimum atomic E-state index is -0.435. The number of carbonyl (C=O) groups is 1. The van der Waals surface area contributed by atoms with Crippen molar-refractivity contribution >= 4 is 17.3 Å². The second-order valence-electron chi connectivity index (χ2n) is 4.41. The smallest absolute Gasteiger partial charge is 0.340 e. The maximum absolute atomic E-state index is 11.6. The zero-order valence-corrected chi connectivity index (χ0v) is 11.5. The molecule has 2 aromatic rings. The van der Waals surface area contributed by atoms with Gasteiger partial charge in [-0.2, -0.15) is 0 Å². The summed E-state index contributed by atoms with van der Waals surface area (Å²) >= 11 is 0. The maximum atomic E-state index is 11.6. The molecule has 0 fully saturated rings. The molecule has 1 aromatic heterocycles. The second-order valence-corrected chi connectivity index (χ2v) is 4.41. The van der Waals surface area contributed by atoms with Gasteiger partial charge in [0, 0.05) is 13.2 Å². The molecule has 0 unspecified atom stereocenters. The molecule has 0 aliphatic carbocycles. The van der Waals surface area contributed by atoms with E-state index in [0.29, 0.717) is 17.8 Å². The van der Waals surface area contributed by atoms with Crippen molar-refractivity contribution in [3.8, 4) is 0 Å². The van der Waals surface area contributed by atoms with Crippen LogP contribution in [0.5, 0.6) is 0 Å². The zero-order chi connectivity index (χ0) is 14.5. The van der Waals surface area contributed by atoms with E-state index in [1.165, 1.54) is 7.11 Å². The van der Waals surface area contributed by atoms with Gasteiger partial charge in [0.2, 0.25) is 0 Å². The Labute approximate surface area is 118 Å². The standard InChI is InChI=1S/C15H17N3O2/c1-18(10-11-6-3-4-9-17-11)13-8-5-7-12(14(13)16)15(19)20-2/h3-9H,10,16H2,1-2H3. The number of benzene rings is 1. The highest BCUT2D eigenvalue weighted by atomic mass is 16.5. The largest absolute Gasteiger partial charge is 0.465 e. The number of pyridine rings is 1. The first-order valence-corrected chi connectivity index (χ1v) is 6.21. The van der Waals surface area contributed by atoms with Crippen LogP contribution in [0.25, 0.3) is 0 Å². The van der Waals surface area contributed by atoms with Gasteiger partial charge < -0.3 is 15.4 Å². The number of nitrogens with two attached hydrogens (primary N) is 1. The van der Waals surface area contributed by atoms with E-state index in [0.717, 1.165) is 11.4 Å². The Bertz CT molecular complexity index is 599. The van der Waals surface area contributed by atoms with E-state index in [1.54, 1.807) is 18.3 Å². The van der Waals surface area contributed by atoms with Crippen LogP contribution in [0.3, 0.4) is 0 Å². The van der Waals surface area contributed by atoms with Crippen LogP contribution in [-0.4, -0.2) is 25.1 Å². The van der Waals surface area contributed by atoms with Crippen molar-refractivity contribution in [2.45, 2.75) is 6.54 Å². The number of methoxy groups -OCH3 is 1. The van der Waals surface area contributed by atoms with Crippen LogP contribution in [0.1, 0.15) is 16.1 Å². The average Bonchev–Trinajstić information content (AvgIpc) is 2.47. The molecule has 0 aliphatic rings. The highest BCUT2D eigenvalue weighted by molar-refractivity contribution is 5.98. The summed E-state index contributed by atoms with van der Waals surface area (Å²) in [4.78, 5) is 17.9. The summed E-state index contributed by atoms with van der Waals surface area (Å²) in [6.45, 7) is 0.607. The van der Waals surface area contributed by atoms with Crippen molar-refractivity contribution in [1.29, 1.82) is 0 Å². The van der Waals surface area contributed by atoms with Gasteiger partial charge in [0.25, 0.3) is 0 Å². The number of rotatable bonds is 4. The number of hydrogen-bond donors (Lipinski definition) is 1. The van der Waals surface area contributed by atoms with Gasteiger partial charge >= 0.3 is 5.97 Å². The quantitative estimate of drug-likeness (QED) is 0.681. The Kier molecular flexibility index (Phi) is 4.20. The zero-order valence-electron chi connectivity index (χ0n) is 11.5. The summed E-state index contributed by atoms with van der Waals surface area (Å²) in [5.41, 5.74) is 8.54. The van der Waals surface area contributed by atoms with E-state index >= 15 is 0 Å². The Hall–Kier alpha value is -2.56. The Balaban J connectivity index is 2.26. The number of aromatic nitrogens is 1. The van der Waals surface area contributed by atoms with Crippen LogP contribution in [0, 0.1) is 0 Å². The molecule has 0 saturated heterocycles. The van der Waals surface area contributed by atoms with Gasteiger partial charge in [-0.15, -0.1) is 0 Å². The molecule has 0 atom stereocenters. The molecule has 0 saturated carbocycles. The van der Waals surface area contributed by atoms with Crippen molar-refractivity contribution in [2.24, 2.45) is 0 Å². The number of nitrogen functional groups attached to an aromatic ring is 1. The van der Waals surface area contributed by atoms with Crippen molar-refractivity contribution in [3.63, 3.8) is 0 Å². The molecule has 0 spiro atoms. The normalized spacial score (nSPS) is 10.1. The fraction of sp³-hybridized carbons (Fsp3) is 0.200. The Morgan fingerprint density at radius 3 is 2.75 bits per heavy atom. The molecule has 1 heterocycles. The molecule has 0 aliphatic heterocycles. The molecule has 0 radical (unpaired) electrons. The lowest BCUT2D eigenvalue weighted by Crippen LogP contribution is -2.19. The molecule has 0 amide bonds. The molecule has 5 heteroatoms. The highest BCUT2D eigenvalue weighted by Gasteiger charge is 2.15. The summed E-state index contributed by atoms with van der Waals surface area (Å²) in [5.74, 6) is -0.435. The summed E-state index contributed by atoms with van der Waals surface area (Å²) in [6, 6.07) is 11.0. The predicted molar refractivity (Wildman–Crippen MR) is 78.5 cm³/mol. The van der Waals surface area contributed by atoms with Crippen LogP contribution in [-0.2, 0) is 11.3 Å². The van der Waals surface area contributed by atoms with Gasteiger partial charge in [0.05, 0.1) is 36.3 Å². The van der Waals surface area contributed by atoms with Crippen LogP contribution in [0.15, 0.2) is 42.6 Å². The van der Waals surface area contributed by atoms with E-state index < -0.39 is 5.97 Å². The highest BCUT2D eigenvalue weighted by Crippen LogP contribution is 2.27. The first-order chi connectivity index (χ1) is 9.63. The SMILES string of the molecule is COC(=O)c1cccc(N(C)Cc2ccccn2)c1N. The molecule has 0 bridgehead atoms. The van der Waals surface area contributed by atoms with Gasteiger partial charge in [-0.1, -0.05) is 12.1 Å². The van der Waals surface area contributed by atoms with Crippen molar-refractivity contribution in [3.05, 3.63) is 53.9 Å². The number of nitrogens with zero attached hydrogens (tertiary/aromatic N) is 2. The second kappa shape index (κ2) is 6.06. The van der Waals surface area contributed by atoms with E-state index in [9.17, 15) is 4.79 Å². The number of hydrogen-bond acceptors (Lipinski definition) is 5. The number of para-hydroxylation sites is 1. The molecular weight excluding hydrogens is 254 g/mol. The lowest BCUT2D eigenvalue weighted by atomic mass is 10.1. The van der Waals surface area contributed by atoms with Crippen LogP contribution >= 0.6 is 0 Å². The number of carbonyl (C=O) groups excluding carboxylic acids is 1. The monoisotopic (exact) mass is 271 g/mol. The van der Waals surface area contributed by atoms with E-state index in [-0.39, 0.29) is 0 Å². The third-order valence-corrected chi connectivity index (χ3v) is 3.02. The van der Waals surface area contributed by atoms with Gasteiger partial charge in [0.1, 0.15) is 0 Å². The Morgan fingerprint density at radius 1 is 1.30 bits per heavy atom. The van der Waals surface area contributed by atoms with Crippen LogP contribution in [0.4, 0.5) is 11.4 Å². The summed E-state index contributed by atoms with van der Waals surface area (Å²) < 4.78 is 4.72. The Morgan fingerprint density at radius 2 is 2.10 bits per heavy atom. The summed E-state index contributed by atoms with van der Waals surface area (Å²) in [5, 5.41) is 0. The van der Waals surface area contributed by atoms with Crippen molar-refractivity contribution in [1.82, 2.24) is 4.98 Å². The molecule has 1 aromatic carbocycles. The summed E-state index contributed by atoms with van der Waals surface area (Å²) in [6.07, 6.45) is 1.75. The molecule has 2 N–H and O–H groups in total. The molecule has 20 heavy (non-hydrogen) atoms. The number of anilines is 2. The van der Waals surface area contributed by atoms with Crippen molar-refractivity contribution < 1.29 is 9.53 Å². The average molecular weight is 271 g/mol. The lowest BCUT2D eigenvalue weighted by Gasteiger charge is -2.21. The van der Waals surface area contributed by atoms with Gasteiger partial charge in [-0.05, 0) is 24.3 Å². The molecular formula is C15H17N3O2. The lowest BCUT2D eigenvalue weighted by molar-refractivity contribution is 0.0602. The van der Waals surface area contributed by atoms with Gasteiger partial charge in [-0.3, -0.25) is 4.98 Å². The van der Waals surface area contributed by atoms with Crippen LogP contribution < -0.4 is 10.6 Å². The third kappa shape index (κ3) is 2.88. The van der Waals surface area contributed by atoms with E-state index in [1.807, 2.05) is 36.2 Å². The fourth-order valence-corrected chi connectivity index (χ4v) is 1.99. The minimum Gasteiger partial charge on any atom is -0.465 e. The minimum absolute atomic E-state index is 0.373. The topological polar surface area (TPSA) is 68.5 Å². The van der Waals surface area contributed by atoms with Gasteiger partial charge in [-0.25, -0.2) is 4.79 Å². The first kappa shape index (κ1) is 13.9. The summed E-state index contributed by atoms with van der Waals surface area (Å²) in [7, 11) is 3.24. The molecule has 104 valence electrons. The van der Waals surface area contributed by atoms with E-state index in [2.05, 4.69) is 4.98 Å². The maximum Gasteiger partial charge on any atom is 0.340 e. The number of esters is 1. The number of ether oxygens (including phenoxy) is 1. The van der Waals surface area contributed by atoms with E-state index in [4.69, 9.17) is 10.5 Å². The molecule has 2 rings (SSSR count).